The molecule has 0 aromatic carbocycles. The lowest BCUT2D eigenvalue weighted by molar-refractivity contribution is -0.169. The fourth-order valence-corrected chi connectivity index (χ4v) is 40.8. The Balaban J connectivity index is 0.744. The Morgan fingerprint density at radius 2 is 0.491 bits per heavy atom. The van der Waals surface area contributed by atoms with E-state index in [4.69, 9.17) is 0 Å². The molecular weight excluding hydrogens is 1300 g/mol. The Labute approximate surface area is 666 Å². The highest BCUT2D eigenvalue weighted by atomic mass is 15.3. The van der Waals surface area contributed by atoms with Crippen molar-refractivity contribution in [2.24, 2.45) is 154 Å². The van der Waals surface area contributed by atoms with Crippen molar-refractivity contribution in [1.82, 2.24) is 14.7 Å². The molecule has 604 valence electrons. The number of rotatable bonds is 11. The van der Waals surface area contributed by atoms with E-state index >= 15 is 0 Å². The maximum atomic E-state index is 4.10. The van der Waals surface area contributed by atoms with Gasteiger partial charge in [0.15, 0.2) is 6.71 Å². The van der Waals surface area contributed by atoms with Gasteiger partial charge >= 0.3 is 0 Å². The molecule has 0 amide bonds. The lowest BCUT2D eigenvalue weighted by atomic mass is 9.17. The molecule has 0 radical (unpaired) electrons. The molecule has 27 atom stereocenters. The third-order valence-electron chi connectivity index (χ3n) is 44.1. The van der Waals surface area contributed by atoms with Gasteiger partial charge in [-0.3, -0.25) is 14.7 Å². The van der Waals surface area contributed by atoms with Crippen molar-refractivity contribution in [3.05, 3.63) is 0 Å². The fourth-order valence-electron chi connectivity index (χ4n) is 40.8. The number of fused-ring (bicyclic) bond motifs is 9. The van der Waals surface area contributed by atoms with Crippen molar-refractivity contribution < 1.29 is 0 Å². The molecule has 3 aliphatic heterocycles. The molecule has 4 heteroatoms. The first-order chi connectivity index (χ1) is 53.6. The van der Waals surface area contributed by atoms with E-state index in [9.17, 15) is 0 Å². The van der Waals surface area contributed by atoms with Gasteiger partial charge in [-0.2, -0.15) is 0 Å². The van der Waals surface area contributed by atoms with E-state index in [1.54, 1.807) is 424 Å². The molecule has 19 aliphatic carbocycles. The van der Waals surface area contributed by atoms with Gasteiger partial charge in [0.2, 0.25) is 0 Å². The van der Waals surface area contributed by atoms with Crippen LogP contribution >= 0.6 is 0 Å². The molecule has 0 aromatic heterocycles. The van der Waals surface area contributed by atoms with Gasteiger partial charge in [0, 0.05) is 54.4 Å². The molecule has 3 saturated heterocycles. The molecule has 0 aromatic rings. The van der Waals surface area contributed by atoms with Crippen molar-refractivity contribution in [3.63, 3.8) is 0 Å². The van der Waals surface area contributed by atoms with Gasteiger partial charge in [0.05, 0.1) is 0 Å². The Morgan fingerprint density at radius 1 is 0.157 bits per heavy atom. The van der Waals surface area contributed by atoms with Gasteiger partial charge in [-0.25, -0.2) is 0 Å². The molecular formula is C104H170BN3. The van der Waals surface area contributed by atoms with Gasteiger partial charge in [-0.1, -0.05) is 302 Å². The van der Waals surface area contributed by atoms with E-state index < -0.39 is 0 Å². The van der Waals surface area contributed by atoms with Crippen LogP contribution in [0, 0.1) is 154 Å². The summed E-state index contributed by atoms with van der Waals surface area (Å²) in [5.74, 6) is 30.2. The Kier molecular flexibility index (Phi) is 22.4. The summed E-state index contributed by atoms with van der Waals surface area (Å²) in [4.78, 5) is 11.9. The predicted octanol–water partition coefficient (Wildman–Crippen LogP) is 27.9. The molecule has 22 fully saturated rings. The molecule has 0 bridgehead atoms. The standard InChI is InChI=1S/C104H170BN3/c1-8-29-67(30-9-1)76-54-57-95-91(63-76)105-92-64-77(81-56-53-75-45-27-49-85-84-48-26-43-74-44-28-50-86(99(74)84)101(81)100(75)85)55-58-96(92)108(104-89(72-39-18-6-19-40-72)61-79(69-33-12-3-13-34-69)62-90(104)73-41-20-7-21-42-73)98-66-80(106-93-51-24-22-46-82(93)83-47-23-25-52-94(83)106)65-97(102(98)105)107(95)103-87(70-35-14-4-15-36-70)59-78(68-31-10-2-11-32-68)60-88(103)71-37-16-5-17-38-71/h67-104H,1-66H2. The molecule has 3 nitrogen and oxygen atoms in total. The maximum Gasteiger partial charge on any atom is 0.156 e. The summed E-state index contributed by atoms with van der Waals surface area (Å²) in [6.45, 7) is 1.01. The van der Waals surface area contributed by atoms with Gasteiger partial charge in [-0.15, -0.1) is 0 Å². The zero-order valence-electron chi connectivity index (χ0n) is 70.5. The van der Waals surface area contributed by atoms with Crippen molar-refractivity contribution in [1.29, 1.82) is 0 Å². The highest BCUT2D eigenvalue weighted by molar-refractivity contribution is 6.65. The molecule has 22 aliphatic rings. The molecule has 0 N–H and O–H groups in total. The average molecular weight is 1470 g/mol. The third-order valence-corrected chi connectivity index (χ3v) is 44.1. The lowest BCUT2D eigenvalue weighted by Gasteiger charge is -2.73. The number of hydrogen-bond acceptors (Lipinski definition) is 3. The summed E-state index contributed by atoms with van der Waals surface area (Å²) >= 11 is 0. The van der Waals surface area contributed by atoms with E-state index in [1.807, 2.05) is 0 Å². The second-order valence-electron chi connectivity index (χ2n) is 47.6. The van der Waals surface area contributed by atoms with Gasteiger partial charge in [-0.05, 0) is 293 Å². The van der Waals surface area contributed by atoms with Gasteiger partial charge in [0.1, 0.15) is 0 Å². The number of likely N-dealkylation sites (tertiary alicyclic amines) is 1. The summed E-state index contributed by atoms with van der Waals surface area (Å²) in [7, 11) is 0. The minimum Gasteiger partial charge on any atom is -0.295 e. The van der Waals surface area contributed by atoms with Crippen LogP contribution < -0.4 is 0 Å². The van der Waals surface area contributed by atoms with Crippen molar-refractivity contribution in [3.8, 4) is 0 Å². The Bertz CT molecular complexity index is 2810. The summed E-state index contributed by atoms with van der Waals surface area (Å²) in [5.41, 5.74) is 0. The van der Waals surface area contributed by atoms with E-state index in [0.29, 0.717) is 0 Å². The van der Waals surface area contributed by atoms with Crippen molar-refractivity contribution in [2.45, 2.75) is 496 Å². The quantitative estimate of drug-likeness (QED) is 0.191. The smallest absolute Gasteiger partial charge is 0.156 e. The highest BCUT2D eigenvalue weighted by Gasteiger charge is 2.71. The first-order valence-corrected chi connectivity index (χ1v) is 52.9. The van der Waals surface area contributed by atoms with Crippen LogP contribution in [0.3, 0.4) is 0 Å². The zero-order chi connectivity index (χ0) is 70.9. The Morgan fingerprint density at radius 3 is 0.935 bits per heavy atom. The van der Waals surface area contributed by atoms with Crippen LogP contribution in [-0.4, -0.2) is 75.8 Å². The number of hydrogen-bond donors (Lipinski definition) is 0. The summed E-state index contributed by atoms with van der Waals surface area (Å²) < 4.78 is 0. The maximum absolute atomic E-state index is 4.10. The second-order valence-corrected chi connectivity index (χ2v) is 47.6. The first kappa shape index (κ1) is 74.3. The molecule has 3 heterocycles. The fraction of sp³-hybridized carbons (Fsp3) is 1.00. The molecule has 27 unspecified atom stereocenters. The van der Waals surface area contributed by atoms with E-state index in [0.717, 1.165) is 232 Å². The Hall–Kier alpha value is -0.0551. The third kappa shape index (κ3) is 13.4. The van der Waals surface area contributed by atoms with E-state index in [-0.39, 0.29) is 0 Å². The van der Waals surface area contributed by atoms with Crippen molar-refractivity contribution in [2.75, 3.05) is 0 Å². The molecule has 0 spiro atoms. The van der Waals surface area contributed by atoms with Gasteiger partial charge < -0.3 is 0 Å². The lowest BCUT2D eigenvalue weighted by Crippen LogP contribution is -2.78. The normalized spacial score (nSPS) is 51.0. The highest BCUT2D eigenvalue weighted by Crippen LogP contribution is 2.72. The first-order valence-electron chi connectivity index (χ1n) is 52.9. The van der Waals surface area contributed by atoms with Crippen LogP contribution in [0.4, 0.5) is 0 Å². The monoisotopic (exact) mass is 1470 g/mol. The molecule has 19 saturated carbocycles. The van der Waals surface area contributed by atoms with Gasteiger partial charge in [0.25, 0.3) is 0 Å². The summed E-state index contributed by atoms with van der Waals surface area (Å²) in [6, 6.07) is 7.87. The van der Waals surface area contributed by atoms with Crippen LogP contribution in [0.5, 0.6) is 0 Å². The van der Waals surface area contributed by atoms with E-state index in [2.05, 4.69) is 14.7 Å². The van der Waals surface area contributed by atoms with Crippen molar-refractivity contribution >= 4 is 6.71 Å². The SMILES string of the molecule is C1CCC(C2CCC3C(C2)B2C4CC(C5CCC6CCCC7C8CCCC9CCCC(C98)C5C67)CCC4N(C4C(C5CCCCC5)CC(C5CCCCC5)CC4C4CCCCC4)C4CC(N5C6CCCCC6C6CCCCC65)CC(C24)N3C2C(C3CCCCC3)CC(C3CCCCC3)CC2C2CCCCC2)CC1. The van der Waals surface area contributed by atoms with Crippen LogP contribution in [0.2, 0.25) is 17.5 Å². The van der Waals surface area contributed by atoms with E-state index in [1.165, 1.54) is 0 Å². The topological polar surface area (TPSA) is 9.72 Å². The predicted molar refractivity (Wildman–Crippen MR) is 452 cm³/mol. The largest absolute Gasteiger partial charge is 0.295 e. The van der Waals surface area contributed by atoms with Crippen LogP contribution in [-0.2, 0) is 0 Å². The molecule has 22 rings (SSSR count). The van der Waals surface area contributed by atoms with Crippen LogP contribution in [0.15, 0.2) is 0 Å². The van der Waals surface area contributed by atoms with Crippen LogP contribution in [0.1, 0.15) is 424 Å². The zero-order valence-corrected chi connectivity index (χ0v) is 70.5. The molecule has 108 heavy (non-hydrogen) atoms. The van der Waals surface area contributed by atoms with Crippen LogP contribution in [0.25, 0.3) is 0 Å². The number of nitrogens with zero attached hydrogens (tertiary/aromatic N) is 3. The minimum atomic E-state index is 0.830. The summed E-state index contributed by atoms with van der Waals surface area (Å²) in [6.07, 6.45) is 106. The average Bonchev–Trinajstić information content (AvgIpc) is 0.781. The summed E-state index contributed by atoms with van der Waals surface area (Å²) in [5, 5.41) is 0. The second kappa shape index (κ2) is 32.6. The minimum absolute atomic E-state index is 0.830.